The fraction of sp³-hybridized carbons (Fsp3) is 0.400. The van der Waals surface area contributed by atoms with Gasteiger partial charge in [0.1, 0.15) is 0 Å². The van der Waals surface area contributed by atoms with Crippen molar-refractivity contribution in [1.29, 1.82) is 0 Å². The third-order valence-corrected chi connectivity index (χ3v) is 15.9. The Morgan fingerprint density at radius 2 is 0.422 bits per heavy atom. The van der Waals surface area contributed by atoms with Crippen LogP contribution >= 0.6 is 0 Å². The molecule has 0 fully saturated rings. The van der Waals surface area contributed by atoms with Gasteiger partial charge in [0.25, 0.3) is 0 Å². The number of hydrogen-bond acceptors (Lipinski definition) is 0. The van der Waals surface area contributed by atoms with Crippen molar-refractivity contribution >= 4 is 52.2 Å². The van der Waals surface area contributed by atoms with Crippen LogP contribution in [0.2, 0.25) is 0 Å². The summed E-state index contributed by atoms with van der Waals surface area (Å²) >= 11 is 2.64. The van der Waals surface area contributed by atoms with Crippen LogP contribution in [0.3, 0.4) is 0 Å². The van der Waals surface area contributed by atoms with Crippen LogP contribution in [0.25, 0.3) is 44.5 Å². The first kappa shape index (κ1) is 51.8. The van der Waals surface area contributed by atoms with Gasteiger partial charge in [0.2, 0.25) is 0 Å². The molecule has 0 aliphatic carbocycles. The molecular formula is C60H72F2Sn2+2. The second-order valence-corrected chi connectivity index (χ2v) is 23.1. The van der Waals surface area contributed by atoms with Crippen molar-refractivity contribution in [3.63, 3.8) is 0 Å². The number of halogens is 2. The predicted octanol–water partition coefficient (Wildman–Crippen LogP) is 16.9. The fourth-order valence-corrected chi connectivity index (χ4v) is 11.7. The van der Waals surface area contributed by atoms with Gasteiger partial charge >= 0.3 is 417 Å². The average Bonchev–Trinajstić information content (AvgIpc) is 3.23. The normalized spacial score (nSPS) is 11.9. The van der Waals surface area contributed by atoms with Crippen molar-refractivity contribution < 1.29 is 8.78 Å². The Bertz CT molecular complexity index is 2120. The first-order valence-electron chi connectivity index (χ1n) is 23.7. The van der Waals surface area contributed by atoms with Gasteiger partial charge in [0.05, 0.1) is 0 Å². The van der Waals surface area contributed by atoms with Crippen LogP contribution in [0, 0.1) is 11.6 Å². The van der Waals surface area contributed by atoms with Gasteiger partial charge in [-0.25, -0.2) is 0 Å². The monoisotopic (exact) mass is 1070 g/mol. The number of benzene rings is 6. The van der Waals surface area contributed by atoms with Crippen LogP contribution < -0.4 is 7.16 Å². The Hall–Kier alpha value is -3.22. The molecule has 0 amide bonds. The zero-order valence-electron chi connectivity index (χ0n) is 41.6. The molecule has 0 bridgehead atoms. The molecule has 0 heterocycles. The van der Waals surface area contributed by atoms with Gasteiger partial charge in [0.15, 0.2) is 0 Å². The Labute approximate surface area is 413 Å². The maximum absolute atomic E-state index is 15.3. The summed E-state index contributed by atoms with van der Waals surface area (Å²) in [6.45, 7) is 35.7. The van der Waals surface area contributed by atoms with E-state index in [9.17, 15) is 0 Å². The molecule has 0 aliphatic heterocycles. The minimum atomic E-state index is -0.150. The van der Waals surface area contributed by atoms with E-state index in [4.69, 9.17) is 0 Å². The van der Waals surface area contributed by atoms with Crippen LogP contribution in [-0.4, -0.2) is 45.0 Å². The molecular weight excluding hydrogens is 996 g/mol. The van der Waals surface area contributed by atoms with E-state index in [2.05, 4.69) is 184 Å². The Morgan fingerprint density at radius 3 is 0.547 bits per heavy atom. The zero-order valence-corrected chi connectivity index (χ0v) is 47.3. The second-order valence-electron chi connectivity index (χ2n) is 20.2. The van der Waals surface area contributed by atoms with Crippen LogP contribution in [0.15, 0.2) is 97.1 Å². The Kier molecular flexibility index (Phi) is 17.8. The molecule has 4 radical (unpaired) electrons. The van der Waals surface area contributed by atoms with Crippen LogP contribution in [0.5, 0.6) is 0 Å². The topological polar surface area (TPSA) is 0 Å². The van der Waals surface area contributed by atoms with E-state index in [-0.39, 0.29) is 11.6 Å². The number of rotatable bonds is 12. The molecule has 0 aromatic heterocycles. The van der Waals surface area contributed by atoms with Gasteiger partial charge in [-0.05, 0) is 0 Å². The molecule has 0 atom stereocenters. The summed E-state index contributed by atoms with van der Waals surface area (Å²) in [4.78, 5) is 0. The molecule has 0 nitrogen and oxygen atoms in total. The zero-order chi connectivity index (χ0) is 47.5. The maximum atomic E-state index is 15.3. The molecule has 64 heavy (non-hydrogen) atoms. The van der Waals surface area contributed by atoms with Crippen molar-refractivity contribution in [2.24, 2.45) is 0 Å². The molecule has 0 aliphatic rings. The standard InChI is InChI=1S/2C30H36F.2Sn/c2*1-18(2)25-11-9-12-26(19(3)4)29(25)22-15-23(17-24(31)16-22)30-27(20(5)6)13-10-14-28(30)21(7)8;;/h2*9-14,16-21H,1-8H3;;/q;;2*+1. The second kappa shape index (κ2) is 22.1. The van der Waals surface area contributed by atoms with Crippen molar-refractivity contribution in [2.45, 2.75) is 158 Å². The molecule has 0 unspecified atom stereocenters. The van der Waals surface area contributed by atoms with Gasteiger partial charge in [-0.3, -0.25) is 0 Å². The summed E-state index contributed by atoms with van der Waals surface area (Å²) in [6, 6.07) is 33.4. The van der Waals surface area contributed by atoms with E-state index >= 15 is 8.78 Å². The fourth-order valence-electron chi connectivity index (χ4n) is 9.45. The first-order valence-corrected chi connectivity index (χ1v) is 26.6. The van der Waals surface area contributed by atoms with Crippen molar-refractivity contribution in [1.82, 2.24) is 0 Å². The Balaban J connectivity index is 0.000000241. The molecule has 0 spiro atoms. The van der Waals surface area contributed by atoms with E-state index in [0.29, 0.717) is 47.3 Å². The van der Waals surface area contributed by atoms with Crippen molar-refractivity contribution in [3.8, 4) is 44.5 Å². The van der Waals surface area contributed by atoms with Crippen LogP contribution in [0.4, 0.5) is 8.78 Å². The van der Waals surface area contributed by atoms with Crippen molar-refractivity contribution in [3.05, 3.63) is 153 Å². The Morgan fingerprint density at radius 1 is 0.281 bits per heavy atom. The van der Waals surface area contributed by atoms with Gasteiger partial charge in [0, 0.05) is 0 Å². The van der Waals surface area contributed by atoms with Crippen LogP contribution in [-0.2, 0) is 0 Å². The molecule has 6 aromatic carbocycles. The summed E-state index contributed by atoms with van der Waals surface area (Å²) < 4.78 is 33.1. The van der Waals surface area contributed by atoms with E-state index < -0.39 is 0 Å². The molecule has 6 rings (SSSR count). The van der Waals surface area contributed by atoms with Gasteiger partial charge < -0.3 is 0 Å². The summed E-state index contributed by atoms with van der Waals surface area (Å²) in [5.74, 6) is 2.70. The van der Waals surface area contributed by atoms with Gasteiger partial charge in [-0.15, -0.1) is 0 Å². The molecule has 0 saturated heterocycles. The van der Waals surface area contributed by atoms with E-state index in [1.54, 1.807) is 24.3 Å². The minimum absolute atomic E-state index is 0.150. The predicted molar refractivity (Wildman–Crippen MR) is 278 cm³/mol. The SMILES string of the molecule is CC(C)c1cccc(C(C)C)c1-c1cc(F)cc(-c2c(C(C)C)cccc2C(C)C)[c]1[Sn+].CC(C)c1cccc(C(C)C)c1-c1cc(F)cc(-c2c(C(C)C)cccc2C(C)C)[c]1[Sn+]. The summed E-state index contributed by atoms with van der Waals surface area (Å²) in [5.41, 5.74) is 19.6. The summed E-state index contributed by atoms with van der Waals surface area (Å²) in [7, 11) is 0. The third kappa shape index (κ3) is 11.1. The number of hydrogen-bond donors (Lipinski definition) is 0. The molecule has 0 N–H and O–H groups in total. The molecule has 332 valence electrons. The van der Waals surface area contributed by atoms with Crippen LogP contribution in [0.1, 0.15) is 203 Å². The molecule has 0 saturated carbocycles. The van der Waals surface area contributed by atoms with Gasteiger partial charge in [-0.1, -0.05) is 0 Å². The van der Waals surface area contributed by atoms with E-state index in [0.717, 1.165) is 22.3 Å². The quantitative estimate of drug-likeness (QED) is 0.107. The average molecular weight is 1070 g/mol. The summed E-state index contributed by atoms with van der Waals surface area (Å²) in [5, 5.41) is 0. The van der Waals surface area contributed by atoms with E-state index in [1.165, 1.54) is 119 Å². The summed E-state index contributed by atoms with van der Waals surface area (Å²) in [6.07, 6.45) is 0. The van der Waals surface area contributed by atoms with Crippen molar-refractivity contribution in [2.75, 3.05) is 0 Å². The van der Waals surface area contributed by atoms with Gasteiger partial charge in [-0.2, -0.15) is 0 Å². The third-order valence-electron chi connectivity index (χ3n) is 12.8. The van der Waals surface area contributed by atoms with E-state index in [1.807, 2.05) is 0 Å². The molecule has 4 heteroatoms. The first-order chi connectivity index (χ1) is 30.1. The molecule has 6 aromatic rings.